The van der Waals surface area contributed by atoms with E-state index < -0.39 is 5.79 Å². The molecule has 0 atom stereocenters. The van der Waals surface area contributed by atoms with Crippen LogP contribution in [0, 0.1) is 0 Å². The van der Waals surface area contributed by atoms with Crippen molar-refractivity contribution in [2.75, 3.05) is 0 Å². The van der Waals surface area contributed by atoms with Gasteiger partial charge in [0, 0.05) is 0 Å². The fraction of sp³-hybridized carbons (Fsp3) is 0.250. The van der Waals surface area contributed by atoms with Gasteiger partial charge in [-0.15, -0.1) is 0 Å². The van der Waals surface area contributed by atoms with Crippen LogP contribution in [0.25, 0.3) is 0 Å². The molecule has 0 fully saturated rings. The molecule has 0 heterocycles. The van der Waals surface area contributed by atoms with Crippen LogP contribution in [-0.2, 0) is 5.79 Å². The zero-order chi connectivity index (χ0) is 8.48. The van der Waals surface area contributed by atoms with Gasteiger partial charge in [0.25, 0.3) is 0 Å². The second-order valence-corrected chi connectivity index (χ2v) is 2.54. The third-order valence-corrected chi connectivity index (χ3v) is 1.41. The van der Waals surface area contributed by atoms with Crippen LogP contribution >= 0.6 is 0 Å². The quantitative estimate of drug-likeness (QED) is 0.518. The van der Waals surface area contributed by atoms with Crippen molar-refractivity contribution in [3.63, 3.8) is 0 Å². The summed E-state index contributed by atoms with van der Waals surface area (Å²) in [5.41, 5.74) is 0.111. The molecule has 1 aromatic carbocycles. The lowest BCUT2D eigenvalue weighted by Gasteiger charge is -2.16. The zero-order valence-corrected chi connectivity index (χ0v) is 6.15. The minimum absolute atomic E-state index is 0.111. The number of para-hydroxylation sites is 1. The molecule has 0 aliphatic heterocycles. The van der Waals surface area contributed by atoms with Crippen molar-refractivity contribution in [1.29, 1.82) is 0 Å². The van der Waals surface area contributed by atoms with E-state index in [0.717, 1.165) is 0 Å². The molecule has 3 heteroatoms. The van der Waals surface area contributed by atoms with Gasteiger partial charge in [-0.3, -0.25) is 0 Å². The van der Waals surface area contributed by atoms with Crippen LogP contribution in [0.4, 0.5) is 0 Å². The molecular weight excluding hydrogens is 144 g/mol. The maximum Gasteiger partial charge on any atom is 0.190 e. The molecule has 0 aliphatic rings. The van der Waals surface area contributed by atoms with Gasteiger partial charge < -0.3 is 15.3 Å². The van der Waals surface area contributed by atoms with Crippen molar-refractivity contribution in [2.45, 2.75) is 12.7 Å². The summed E-state index contributed by atoms with van der Waals surface area (Å²) in [6, 6.07) is 6.10. The van der Waals surface area contributed by atoms with E-state index in [1.54, 1.807) is 12.1 Å². The van der Waals surface area contributed by atoms with Crippen LogP contribution in [0.15, 0.2) is 24.3 Å². The minimum Gasteiger partial charge on any atom is -0.507 e. The molecule has 0 amide bonds. The highest BCUT2D eigenvalue weighted by atomic mass is 16.5. The van der Waals surface area contributed by atoms with Crippen LogP contribution in [0.5, 0.6) is 5.75 Å². The average molecular weight is 154 g/mol. The van der Waals surface area contributed by atoms with Gasteiger partial charge in [0.05, 0.1) is 5.56 Å². The van der Waals surface area contributed by atoms with Crippen molar-refractivity contribution in [1.82, 2.24) is 0 Å². The summed E-state index contributed by atoms with van der Waals surface area (Å²) in [4.78, 5) is 0. The first-order valence-corrected chi connectivity index (χ1v) is 3.25. The molecule has 11 heavy (non-hydrogen) atoms. The van der Waals surface area contributed by atoms with Gasteiger partial charge in [-0.25, -0.2) is 0 Å². The molecule has 0 aromatic heterocycles. The van der Waals surface area contributed by atoms with E-state index in [9.17, 15) is 0 Å². The Bertz CT molecular complexity index is 250. The maximum atomic E-state index is 9.13. The van der Waals surface area contributed by atoms with Crippen molar-refractivity contribution in [3.05, 3.63) is 29.8 Å². The largest absolute Gasteiger partial charge is 0.507 e. The van der Waals surface area contributed by atoms with Gasteiger partial charge in [-0.2, -0.15) is 0 Å². The molecule has 0 saturated heterocycles. The zero-order valence-electron chi connectivity index (χ0n) is 6.15. The van der Waals surface area contributed by atoms with Gasteiger partial charge in [0.15, 0.2) is 5.79 Å². The number of phenols is 1. The number of aliphatic hydroxyl groups is 2. The van der Waals surface area contributed by atoms with Crippen LogP contribution in [-0.4, -0.2) is 15.3 Å². The van der Waals surface area contributed by atoms with Gasteiger partial charge in [-0.1, -0.05) is 12.1 Å². The molecular formula is C8H10O3. The number of hydrogen-bond donors (Lipinski definition) is 3. The summed E-state index contributed by atoms with van der Waals surface area (Å²) in [6.07, 6.45) is 0. The van der Waals surface area contributed by atoms with E-state index >= 15 is 0 Å². The number of rotatable bonds is 1. The van der Waals surface area contributed by atoms with Crippen LogP contribution < -0.4 is 0 Å². The number of benzene rings is 1. The number of hydrogen-bond acceptors (Lipinski definition) is 3. The Morgan fingerprint density at radius 3 is 2.09 bits per heavy atom. The first-order chi connectivity index (χ1) is 5.02. The average Bonchev–Trinajstić information content (AvgIpc) is 1.86. The Kier molecular flexibility index (Phi) is 1.85. The van der Waals surface area contributed by atoms with Crippen LogP contribution in [0.2, 0.25) is 0 Å². The third kappa shape index (κ3) is 1.69. The lowest BCUT2D eigenvalue weighted by molar-refractivity contribution is -0.153. The third-order valence-electron chi connectivity index (χ3n) is 1.41. The van der Waals surface area contributed by atoms with Gasteiger partial charge in [0.2, 0.25) is 0 Å². The van der Waals surface area contributed by atoms with Crippen LogP contribution in [0.1, 0.15) is 12.5 Å². The Hall–Kier alpha value is -1.06. The normalized spacial score (nSPS) is 11.5. The lowest BCUT2D eigenvalue weighted by Crippen LogP contribution is -2.19. The summed E-state index contributed by atoms with van der Waals surface area (Å²) < 4.78 is 0. The summed E-state index contributed by atoms with van der Waals surface area (Å²) >= 11 is 0. The second kappa shape index (κ2) is 2.53. The molecule has 60 valence electrons. The Labute approximate surface area is 64.5 Å². The molecule has 3 N–H and O–H groups in total. The van der Waals surface area contributed by atoms with E-state index in [2.05, 4.69) is 0 Å². The fourth-order valence-electron chi connectivity index (χ4n) is 0.874. The number of phenolic OH excluding ortho intramolecular Hbond substituents is 1. The monoisotopic (exact) mass is 154 g/mol. The maximum absolute atomic E-state index is 9.13. The van der Waals surface area contributed by atoms with Crippen molar-refractivity contribution in [2.24, 2.45) is 0 Å². The molecule has 0 unspecified atom stereocenters. The first kappa shape index (κ1) is 8.04. The molecule has 0 bridgehead atoms. The van der Waals surface area contributed by atoms with Crippen molar-refractivity contribution >= 4 is 0 Å². The van der Waals surface area contributed by atoms with Crippen LogP contribution in [0.3, 0.4) is 0 Å². The highest BCUT2D eigenvalue weighted by Crippen LogP contribution is 2.25. The standard InChI is InChI=1S/C8H10O3/c1-8(10,11)6-4-2-3-5-7(6)9/h2-5,9-11H,1H3. The molecule has 1 aromatic rings. The highest BCUT2D eigenvalue weighted by molar-refractivity contribution is 5.34. The second-order valence-electron chi connectivity index (χ2n) is 2.54. The van der Waals surface area contributed by atoms with E-state index in [1.807, 2.05) is 0 Å². The van der Waals surface area contributed by atoms with Gasteiger partial charge >= 0.3 is 0 Å². The van der Waals surface area contributed by atoms with Crippen molar-refractivity contribution in [3.8, 4) is 5.75 Å². The summed E-state index contributed by atoms with van der Waals surface area (Å²) in [7, 11) is 0. The van der Waals surface area contributed by atoms with E-state index in [1.165, 1.54) is 19.1 Å². The predicted molar refractivity (Wildman–Crippen MR) is 39.9 cm³/mol. The molecule has 0 spiro atoms. The molecule has 1 rings (SSSR count). The minimum atomic E-state index is -1.97. The molecule has 3 nitrogen and oxygen atoms in total. The van der Waals surface area contributed by atoms with E-state index in [4.69, 9.17) is 15.3 Å². The lowest BCUT2D eigenvalue weighted by atomic mass is 10.1. The topological polar surface area (TPSA) is 60.7 Å². The first-order valence-electron chi connectivity index (χ1n) is 3.25. The van der Waals surface area contributed by atoms with Crippen molar-refractivity contribution < 1.29 is 15.3 Å². The number of aromatic hydroxyl groups is 1. The molecule has 0 saturated carbocycles. The molecule has 0 radical (unpaired) electrons. The van der Waals surface area contributed by atoms with Gasteiger partial charge in [-0.05, 0) is 19.1 Å². The highest BCUT2D eigenvalue weighted by Gasteiger charge is 2.21. The Morgan fingerprint density at radius 1 is 1.18 bits per heavy atom. The summed E-state index contributed by atoms with van der Waals surface area (Å²) in [5, 5.41) is 27.3. The van der Waals surface area contributed by atoms with E-state index in [-0.39, 0.29) is 11.3 Å². The fourth-order valence-corrected chi connectivity index (χ4v) is 0.874. The summed E-state index contributed by atoms with van der Waals surface area (Å²) in [5.74, 6) is -2.08. The SMILES string of the molecule is CC(O)(O)c1ccccc1O. The Balaban J connectivity index is 3.14. The molecule has 0 aliphatic carbocycles. The summed E-state index contributed by atoms with van der Waals surface area (Å²) in [6.45, 7) is 1.20. The van der Waals surface area contributed by atoms with E-state index in [0.29, 0.717) is 0 Å². The predicted octanol–water partition coefficient (Wildman–Crippen LogP) is 0.549. The Morgan fingerprint density at radius 2 is 1.73 bits per heavy atom. The van der Waals surface area contributed by atoms with Gasteiger partial charge in [0.1, 0.15) is 5.75 Å². The smallest absolute Gasteiger partial charge is 0.190 e.